The predicted molar refractivity (Wildman–Crippen MR) is 71.7 cm³/mol. The van der Waals surface area contributed by atoms with Gasteiger partial charge in [-0.05, 0) is 31.9 Å². The average Bonchev–Trinajstić information content (AvgIpc) is 2.67. The number of hydrogen-bond donors (Lipinski definition) is 2. The van der Waals surface area contributed by atoms with E-state index in [0.29, 0.717) is 18.5 Å². The van der Waals surface area contributed by atoms with Gasteiger partial charge in [-0.15, -0.1) is 0 Å². The largest absolute Gasteiger partial charge is 0.362 e. The van der Waals surface area contributed by atoms with Crippen molar-refractivity contribution in [3.05, 3.63) is 28.6 Å². The summed E-state index contributed by atoms with van der Waals surface area (Å²) in [6.45, 7) is 5.65. The second kappa shape index (κ2) is 6.42. The quantitative estimate of drug-likeness (QED) is 0.806. The molecule has 0 aliphatic carbocycles. The molecule has 0 aliphatic rings. The van der Waals surface area contributed by atoms with Gasteiger partial charge in [0.05, 0.1) is 0 Å². The molecule has 0 radical (unpaired) electrons. The minimum Gasteiger partial charge on any atom is -0.362 e. The fourth-order valence-electron chi connectivity index (χ4n) is 1.96. The van der Waals surface area contributed by atoms with Crippen molar-refractivity contribution >= 4 is 11.5 Å². The van der Waals surface area contributed by atoms with Gasteiger partial charge >= 0.3 is 0 Å². The van der Waals surface area contributed by atoms with E-state index < -0.39 is 0 Å². The van der Waals surface area contributed by atoms with Gasteiger partial charge in [0, 0.05) is 30.4 Å². The predicted octanol–water partition coefficient (Wildman–Crippen LogP) is 1.96. The Kier molecular flexibility index (Phi) is 4.91. The lowest BCUT2D eigenvalue weighted by Gasteiger charge is -2.08. The van der Waals surface area contributed by atoms with Crippen molar-refractivity contribution in [3.8, 4) is 12.1 Å². The van der Waals surface area contributed by atoms with Gasteiger partial charge in [-0.25, -0.2) is 0 Å². The molecular formula is C14H16N4O. The number of aromatic amines is 1. The summed E-state index contributed by atoms with van der Waals surface area (Å²) in [6.07, 6.45) is 0.453. The second-order valence-electron chi connectivity index (χ2n) is 4.30. The first-order valence-corrected chi connectivity index (χ1v) is 5.94. The Labute approximate surface area is 112 Å². The summed E-state index contributed by atoms with van der Waals surface area (Å²) in [5, 5.41) is 20.7. The van der Waals surface area contributed by atoms with Gasteiger partial charge in [-0.1, -0.05) is 0 Å². The second-order valence-corrected chi connectivity index (χ2v) is 4.30. The van der Waals surface area contributed by atoms with Crippen LogP contribution in [0.25, 0.3) is 5.57 Å². The van der Waals surface area contributed by atoms with E-state index in [2.05, 4.69) is 10.3 Å². The van der Waals surface area contributed by atoms with Gasteiger partial charge in [-0.2, -0.15) is 10.5 Å². The maximum atomic E-state index is 10.9. The van der Waals surface area contributed by atoms with Crippen molar-refractivity contribution in [2.45, 2.75) is 27.2 Å². The number of rotatable bonds is 4. The van der Waals surface area contributed by atoms with Crippen LogP contribution in [0.5, 0.6) is 0 Å². The number of hydrogen-bond acceptors (Lipinski definition) is 3. The van der Waals surface area contributed by atoms with Crippen LogP contribution in [0.2, 0.25) is 0 Å². The van der Waals surface area contributed by atoms with Crippen LogP contribution in [-0.2, 0) is 4.79 Å². The van der Waals surface area contributed by atoms with E-state index in [1.807, 2.05) is 32.1 Å². The number of nitrogens with zero attached hydrogens (tertiary/aromatic N) is 2. The van der Waals surface area contributed by atoms with Crippen molar-refractivity contribution in [1.82, 2.24) is 10.3 Å². The van der Waals surface area contributed by atoms with Crippen LogP contribution < -0.4 is 5.32 Å². The zero-order valence-corrected chi connectivity index (χ0v) is 11.3. The maximum Gasteiger partial charge on any atom is 0.216 e. The smallest absolute Gasteiger partial charge is 0.216 e. The molecule has 5 heteroatoms. The molecule has 0 atom stereocenters. The monoisotopic (exact) mass is 256 g/mol. The molecule has 1 aromatic heterocycles. The SMILES string of the molecule is CC(=O)NCCC(=C(C#N)C#N)c1cc(C)[nH]c1C. The number of nitrogens with one attached hydrogen (secondary N) is 2. The normalized spacial score (nSPS) is 9.32. The van der Waals surface area contributed by atoms with E-state index in [1.165, 1.54) is 6.92 Å². The third-order valence-electron chi connectivity index (χ3n) is 2.75. The van der Waals surface area contributed by atoms with E-state index in [4.69, 9.17) is 10.5 Å². The molecule has 0 fully saturated rings. The molecule has 1 rings (SSSR count). The third-order valence-corrected chi connectivity index (χ3v) is 2.75. The highest BCUT2D eigenvalue weighted by molar-refractivity contribution is 5.78. The summed E-state index contributed by atoms with van der Waals surface area (Å²) in [4.78, 5) is 14.0. The third kappa shape index (κ3) is 3.72. The lowest BCUT2D eigenvalue weighted by atomic mass is 9.98. The summed E-state index contributed by atoms with van der Waals surface area (Å²) in [5.41, 5.74) is 3.51. The molecule has 1 heterocycles. The molecule has 2 N–H and O–H groups in total. The van der Waals surface area contributed by atoms with E-state index >= 15 is 0 Å². The topological polar surface area (TPSA) is 92.5 Å². The average molecular weight is 256 g/mol. The van der Waals surface area contributed by atoms with Crippen molar-refractivity contribution in [2.24, 2.45) is 0 Å². The molecule has 1 amide bonds. The molecule has 0 spiro atoms. The van der Waals surface area contributed by atoms with Crippen LogP contribution in [0.3, 0.4) is 0 Å². The van der Waals surface area contributed by atoms with E-state index in [1.54, 1.807) is 0 Å². The number of nitriles is 2. The highest BCUT2D eigenvalue weighted by Crippen LogP contribution is 2.25. The Morgan fingerprint density at radius 1 is 1.37 bits per heavy atom. The maximum absolute atomic E-state index is 10.9. The Morgan fingerprint density at radius 3 is 2.42 bits per heavy atom. The number of aryl methyl sites for hydroxylation is 2. The number of H-pyrrole nitrogens is 1. The molecular weight excluding hydrogens is 240 g/mol. The summed E-state index contributed by atoms with van der Waals surface area (Å²) in [7, 11) is 0. The first-order valence-electron chi connectivity index (χ1n) is 5.94. The molecule has 0 aromatic carbocycles. The number of aromatic nitrogens is 1. The lowest BCUT2D eigenvalue weighted by molar-refractivity contribution is -0.118. The van der Waals surface area contributed by atoms with Crippen LogP contribution in [0.1, 0.15) is 30.3 Å². The van der Waals surface area contributed by atoms with E-state index in [0.717, 1.165) is 17.0 Å². The van der Waals surface area contributed by atoms with Gasteiger partial charge < -0.3 is 10.3 Å². The van der Waals surface area contributed by atoms with Gasteiger partial charge in [0.2, 0.25) is 5.91 Å². The summed E-state index contributed by atoms with van der Waals surface area (Å²) >= 11 is 0. The summed E-state index contributed by atoms with van der Waals surface area (Å²) in [5.74, 6) is -0.128. The molecule has 0 unspecified atom stereocenters. The standard InChI is InChI=1S/C14H16N4O/c1-9-6-14(10(2)18-9)13(12(7-15)8-16)4-5-17-11(3)19/h6,18H,4-5H2,1-3H3,(H,17,19). The molecule has 0 saturated heterocycles. The summed E-state index contributed by atoms with van der Waals surface area (Å²) in [6, 6.07) is 5.74. The van der Waals surface area contributed by atoms with Crippen molar-refractivity contribution in [1.29, 1.82) is 10.5 Å². The Bertz CT molecular complexity index is 580. The lowest BCUT2D eigenvalue weighted by Crippen LogP contribution is -2.21. The van der Waals surface area contributed by atoms with Crippen LogP contribution in [-0.4, -0.2) is 17.4 Å². The molecule has 19 heavy (non-hydrogen) atoms. The fourth-order valence-corrected chi connectivity index (χ4v) is 1.96. The van der Waals surface area contributed by atoms with Crippen molar-refractivity contribution in [2.75, 3.05) is 6.54 Å². The molecule has 0 bridgehead atoms. The van der Waals surface area contributed by atoms with Gasteiger partial charge in [-0.3, -0.25) is 4.79 Å². The number of allylic oxidation sites excluding steroid dienone is 1. The molecule has 0 saturated carbocycles. The minimum atomic E-state index is -0.128. The Morgan fingerprint density at radius 2 is 2.00 bits per heavy atom. The number of carbonyl (C=O) groups is 1. The zero-order valence-electron chi connectivity index (χ0n) is 11.3. The first-order chi connectivity index (χ1) is 8.99. The zero-order chi connectivity index (χ0) is 14.4. The molecule has 1 aromatic rings. The highest BCUT2D eigenvalue weighted by atomic mass is 16.1. The fraction of sp³-hybridized carbons (Fsp3) is 0.357. The van der Waals surface area contributed by atoms with Crippen molar-refractivity contribution in [3.63, 3.8) is 0 Å². The minimum absolute atomic E-state index is 0.0902. The molecule has 98 valence electrons. The number of amides is 1. The van der Waals surface area contributed by atoms with Gasteiger partial charge in [0.1, 0.15) is 17.7 Å². The van der Waals surface area contributed by atoms with Crippen LogP contribution in [0.15, 0.2) is 11.6 Å². The van der Waals surface area contributed by atoms with Gasteiger partial charge in [0.15, 0.2) is 0 Å². The van der Waals surface area contributed by atoms with E-state index in [-0.39, 0.29) is 11.5 Å². The Hall–Kier alpha value is -2.53. The highest BCUT2D eigenvalue weighted by Gasteiger charge is 2.13. The van der Waals surface area contributed by atoms with Crippen LogP contribution in [0.4, 0.5) is 0 Å². The molecule has 0 aliphatic heterocycles. The number of carbonyl (C=O) groups excluding carboxylic acids is 1. The first kappa shape index (κ1) is 14.5. The van der Waals surface area contributed by atoms with Crippen LogP contribution >= 0.6 is 0 Å². The Balaban J connectivity index is 3.12. The molecule has 5 nitrogen and oxygen atoms in total. The van der Waals surface area contributed by atoms with Crippen LogP contribution in [0, 0.1) is 36.5 Å². The van der Waals surface area contributed by atoms with E-state index in [9.17, 15) is 4.79 Å². The summed E-state index contributed by atoms with van der Waals surface area (Å²) < 4.78 is 0. The van der Waals surface area contributed by atoms with Gasteiger partial charge in [0.25, 0.3) is 0 Å². The van der Waals surface area contributed by atoms with Crippen molar-refractivity contribution < 1.29 is 4.79 Å².